The Labute approximate surface area is 165 Å². The highest BCUT2D eigenvalue weighted by atomic mass is 16.7. The van der Waals surface area contributed by atoms with Crippen LogP contribution in [0.1, 0.15) is 47.1 Å². The number of ether oxygens (including phenoxy) is 1. The lowest BCUT2D eigenvalue weighted by molar-refractivity contribution is -0.00528. The molecule has 2 aliphatic rings. The van der Waals surface area contributed by atoms with Gasteiger partial charge < -0.3 is 23.8 Å². The zero-order valence-corrected chi connectivity index (χ0v) is 18.2. The van der Waals surface area contributed by atoms with E-state index in [1.54, 1.807) is 0 Å². The van der Waals surface area contributed by atoms with Crippen LogP contribution in [0.4, 0.5) is 5.69 Å². The molecule has 2 aliphatic heterocycles. The van der Waals surface area contributed by atoms with Crippen molar-refractivity contribution in [1.82, 2.24) is 4.90 Å². The molecule has 2 heterocycles. The molecule has 0 radical (unpaired) electrons. The monoisotopic (exact) mass is 374 g/mol. The van der Waals surface area contributed by atoms with Gasteiger partial charge in [-0.1, -0.05) is 12.1 Å². The lowest BCUT2D eigenvalue weighted by atomic mass is 9.78. The molecule has 150 valence electrons. The third kappa shape index (κ3) is 4.34. The Kier molecular flexibility index (Phi) is 5.66. The van der Waals surface area contributed by atoms with Gasteiger partial charge >= 0.3 is 7.12 Å². The summed E-state index contributed by atoms with van der Waals surface area (Å²) in [5, 5.41) is 0. The van der Waals surface area contributed by atoms with E-state index in [1.165, 1.54) is 11.3 Å². The average molecular weight is 374 g/mol. The number of hydrogen-bond acceptors (Lipinski definition) is 5. The first-order chi connectivity index (χ1) is 12.5. The summed E-state index contributed by atoms with van der Waals surface area (Å²) >= 11 is 0. The fraction of sp³-hybridized carbons (Fsp3) is 0.714. The van der Waals surface area contributed by atoms with E-state index >= 15 is 0 Å². The largest absolute Gasteiger partial charge is 0.494 e. The number of nitrogens with zero attached hydrogens (tertiary/aromatic N) is 2. The number of rotatable bonds is 4. The van der Waals surface area contributed by atoms with Crippen LogP contribution in [0.3, 0.4) is 0 Å². The lowest BCUT2D eigenvalue weighted by Gasteiger charge is -2.38. The van der Waals surface area contributed by atoms with E-state index < -0.39 is 0 Å². The highest BCUT2D eigenvalue weighted by molar-refractivity contribution is 6.62. The minimum Gasteiger partial charge on any atom is -0.399 e. The first-order valence-corrected chi connectivity index (χ1v) is 10.0. The molecule has 0 aromatic heterocycles. The first-order valence-electron chi connectivity index (χ1n) is 10.0. The van der Waals surface area contributed by atoms with E-state index in [0.29, 0.717) is 0 Å². The van der Waals surface area contributed by atoms with Crippen molar-refractivity contribution in [3.63, 3.8) is 0 Å². The normalized spacial score (nSPS) is 27.4. The van der Waals surface area contributed by atoms with Gasteiger partial charge in [-0.25, -0.2) is 0 Å². The van der Waals surface area contributed by atoms with Gasteiger partial charge in [0.15, 0.2) is 0 Å². The van der Waals surface area contributed by atoms with Crippen LogP contribution in [-0.2, 0) is 20.6 Å². The van der Waals surface area contributed by atoms with Gasteiger partial charge in [-0.15, -0.1) is 0 Å². The summed E-state index contributed by atoms with van der Waals surface area (Å²) in [5.74, 6) is 0. The van der Waals surface area contributed by atoms with Crippen molar-refractivity contribution in [3.05, 3.63) is 23.8 Å². The molecule has 0 amide bonds. The summed E-state index contributed by atoms with van der Waals surface area (Å²) < 4.78 is 18.4. The van der Waals surface area contributed by atoms with Gasteiger partial charge in [0.05, 0.1) is 23.4 Å². The van der Waals surface area contributed by atoms with Crippen molar-refractivity contribution in [2.45, 2.75) is 71.5 Å². The Morgan fingerprint density at radius 1 is 1.04 bits per heavy atom. The quantitative estimate of drug-likeness (QED) is 0.757. The highest BCUT2D eigenvalue weighted by Gasteiger charge is 2.51. The van der Waals surface area contributed by atoms with Crippen molar-refractivity contribution < 1.29 is 14.0 Å². The zero-order chi connectivity index (χ0) is 20.0. The van der Waals surface area contributed by atoms with E-state index in [4.69, 9.17) is 14.0 Å². The topological polar surface area (TPSA) is 34.2 Å². The van der Waals surface area contributed by atoms with Crippen LogP contribution in [0, 0.1) is 0 Å². The Morgan fingerprint density at radius 2 is 1.59 bits per heavy atom. The first kappa shape index (κ1) is 20.7. The van der Waals surface area contributed by atoms with Gasteiger partial charge in [-0.3, -0.25) is 0 Å². The zero-order valence-electron chi connectivity index (χ0n) is 18.2. The van der Waals surface area contributed by atoms with Crippen molar-refractivity contribution in [3.8, 4) is 0 Å². The standard InChI is InChI=1S/C21H35BN2O3/c1-15-12-24(13-16(2)25-15)19-10-9-18(11-17(19)14-23(7)8)22-26-20(3,4)21(5,6)27-22/h9-11,15-16H,12-14H2,1-8H3/t15-,16+. The van der Waals surface area contributed by atoms with Crippen LogP contribution < -0.4 is 10.4 Å². The van der Waals surface area contributed by atoms with E-state index in [9.17, 15) is 0 Å². The molecule has 0 saturated carbocycles. The highest BCUT2D eigenvalue weighted by Crippen LogP contribution is 2.37. The van der Waals surface area contributed by atoms with Gasteiger partial charge in [0, 0.05) is 25.3 Å². The molecule has 2 atom stereocenters. The molecule has 6 heteroatoms. The third-order valence-corrected chi connectivity index (χ3v) is 5.88. The molecular weight excluding hydrogens is 339 g/mol. The molecule has 0 aliphatic carbocycles. The molecule has 1 aromatic carbocycles. The maximum absolute atomic E-state index is 6.26. The van der Waals surface area contributed by atoms with Crippen LogP contribution in [0.5, 0.6) is 0 Å². The maximum Gasteiger partial charge on any atom is 0.494 e. The van der Waals surface area contributed by atoms with Gasteiger partial charge in [-0.05, 0) is 72.7 Å². The maximum atomic E-state index is 6.26. The second-order valence-electron chi connectivity index (χ2n) is 9.38. The Hall–Kier alpha value is -1.08. The molecule has 1 aromatic rings. The number of morpholine rings is 1. The van der Waals surface area contributed by atoms with E-state index in [1.807, 2.05) is 0 Å². The fourth-order valence-corrected chi connectivity index (χ4v) is 3.88. The van der Waals surface area contributed by atoms with Crippen molar-refractivity contribution in [2.24, 2.45) is 0 Å². The SMILES string of the molecule is C[C@@H]1CN(c2ccc(B3OC(C)(C)C(C)(C)O3)cc2CN(C)C)C[C@H](C)O1. The van der Waals surface area contributed by atoms with Gasteiger partial charge in [-0.2, -0.15) is 0 Å². The third-order valence-electron chi connectivity index (χ3n) is 5.88. The Morgan fingerprint density at radius 3 is 2.11 bits per heavy atom. The van der Waals surface area contributed by atoms with Crippen LogP contribution >= 0.6 is 0 Å². The van der Waals surface area contributed by atoms with Crippen molar-refractivity contribution in [1.29, 1.82) is 0 Å². The summed E-state index contributed by atoms with van der Waals surface area (Å²) in [4.78, 5) is 4.66. The molecule has 2 saturated heterocycles. The smallest absolute Gasteiger partial charge is 0.399 e. The predicted octanol–water partition coefficient (Wildman–Crippen LogP) is 2.66. The average Bonchev–Trinajstić information content (AvgIpc) is 2.73. The van der Waals surface area contributed by atoms with E-state index in [-0.39, 0.29) is 30.5 Å². The summed E-state index contributed by atoms with van der Waals surface area (Å²) in [6.45, 7) is 15.4. The molecular formula is C21H35BN2O3. The molecule has 0 N–H and O–H groups in total. The minimum atomic E-state index is -0.326. The van der Waals surface area contributed by atoms with E-state index in [0.717, 1.165) is 25.1 Å². The van der Waals surface area contributed by atoms with Crippen LogP contribution in [-0.4, -0.2) is 62.6 Å². The van der Waals surface area contributed by atoms with Crippen LogP contribution in [0.2, 0.25) is 0 Å². The fourth-order valence-electron chi connectivity index (χ4n) is 3.88. The predicted molar refractivity (Wildman–Crippen MR) is 112 cm³/mol. The molecule has 0 spiro atoms. The summed E-state index contributed by atoms with van der Waals surface area (Å²) in [7, 11) is 3.89. The van der Waals surface area contributed by atoms with E-state index in [2.05, 4.69) is 83.6 Å². The number of anilines is 1. The summed E-state index contributed by atoms with van der Waals surface area (Å²) in [5.41, 5.74) is 3.02. The minimum absolute atomic E-state index is 0.240. The molecule has 3 rings (SSSR count). The molecule has 27 heavy (non-hydrogen) atoms. The van der Waals surface area contributed by atoms with Crippen molar-refractivity contribution >= 4 is 18.3 Å². The summed E-state index contributed by atoms with van der Waals surface area (Å²) in [6, 6.07) is 6.63. The Bertz CT molecular complexity index is 651. The van der Waals surface area contributed by atoms with Gasteiger partial charge in [0.1, 0.15) is 0 Å². The summed E-state index contributed by atoms with van der Waals surface area (Å²) in [6.07, 6.45) is 0.479. The lowest BCUT2D eigenvalue weighted by Crippen LogP contribution is -2.46. The van der Waals surface area contributed by atoms with Crippen molar-refractivity contribution in [2.75, 3.05) is 32.1 Å². The van der Waals surface area contributed by atoms with Gasteiger partial charge in [0.25, 0.3) is 0 Å². The van der Waals surface area contributed by atoms with Gasteiger partial charge in [0.2, 0.25) is 0 Å². The Balaban J connectivity index is 1.91. The molecule has 0 bridgehead atoms. The van der Waals surface area contributed by atoms with Crippen LogP contribution in [0.15, 0.2) is 18.2 Å². The second-order valence-corrected chi connectivity index (χ2v) is 9.38. The second kappa shape index (κ2) is 7.39. The number of benzene rings is 1. The van der Waals surface area contributed by atoms with Crippen LogP contribution in [0.25, 0.3) is 0 Å². The number of hydrogen-bond donors (Lipinski definition) is 0. The molecule has 2 fully saturated rings. The molecule has 0 unspecified atom stereocenters. The molecule has 5 nitrogen and oxygen atoms in total.